The van der Waals surface area contributed by atoms with E-state index in [-0.39, 0.29) is 36.0 Å². The lowest BCUT2D eigenvalue weighted by molar-refractivity contribution is -0.135. The van der Waals surface area contributed by atoms with Crippen molar-refractivity contribution in [1.29, 1.82) is 0 Å². The van der Waals surface area contributed by atoms with E-state index >= 15 is 0 Å². The van der Waals surface area contributed by atoms with Gasteiger partial charge in [0.2, 0.25) is 26.0 Å². The molecule has 0 aliphatic carbocycles. The maximum atomic E-state index is 13.6. The van der Waals surface area contributed by atoms with E-state index in [0.717, 1.165) is 9.87 Å². The van der Waals surface area contributed by atoms with Crippen LogP contribution in [0.5, 0.6) is 0 Å². The molecule has 3 aromatic rings. The molecule has 1 fully saturated rings. The Labute approximate surface area is 206 Å². The van der Waals surface area contributed by atoms with Crippen molar-refractivity contribution in [2.24, 2.45) is 0 Å². The van der Waals surface area contributed by atoms with Gasteiger partial charge in [-0.3, -0.25) is 4.79 Å². The van der Waals surface area contributed by atoms with Gasteiger partial charge in [0.15, 0.2) is 0 Å². The zero-order valence-electron chi connectivity index (χ0n) is 19.3. The molecule has 8 nitrogen and oxygen atoms in total. The summed E-state index contributed by atoms with van der Waals surface area (Å²) in [5.74, 6) is -0.471. The third kappa shape index (κ3) is 5.30. The molecule has 1 unspecified atom stereocenters. The number of nitrogens with zero attached hydrogens (tertiary/aromatic N) is 3. The van der Waals surface area contributed by atoms with Crippen molar-refractivity contribution in [2.75, 3.05) is 26.7 Å². The van der Waals surface area contributed by atoms with Crippen molar-refractivity contribution in [2.45, 2.75) is 22.4 Å². The molecule has 0 bridgehead atoms. The van der Waals surface area contributed by atoms with Crippen LogP contribution in [0, 0.1) is 0 Å². The number of rotatable bonds is 7. The lowest BCUT2D eigenvalue weighted by atomic mass is 10.1. The Morgan fingerprint density at radius 1 is 0.771 bits per heavy atom. The summed E-state index contributed by atoms with van der Waals surface area (Å²) in [5, 5.41) is 0. The standard InChI is InChI=1S/C25H27N3O5S2/c1-26(19-21-11-5-2-6-12-21)25(29)24-20-27(34(30,31)22-13-7-3-8-14-22)17-18-28(24)35(32,33)23-15-9-4-10-16-23/h2-16,24H,17-20H2,1H3. The molecule has 184 valence electrons. The van der Waals surface area contributed by atoms with Gasteiger partial charge in [-0.05, 0) is 29.8 Å². The third-order valence-electron chi connectivity index (χ3n) is 5.95. The molecule has 1 heterocycles. The Balaban J connectivity index is 1.67. The molecule has 3 aromatic carbocycles. The average molecular weight is 514 g/mol. The summed E-state index contributed by atoms with van der Waals surface area (Å²) in [6.07, 6.45) is 0. The molecule has 10 heteroatoms. The topological polar surface area (TPSA) is 95.1 Å². The van der Waals surface area contributed by atoms with E-state index in [0.29, 0.717) is 0 Å². The fourth-order valence-electron chi connectivity index (χ4n) is 4.11. The molecule has 0 aromatic heterocycles. The van der Waals surface area contributed by atoms with E-state index in [2.05, 4.69) is 0 Å². The quantitative estimate of drug-likeness (QED) is 0.484. The highest BCUT2D eigenvalue weighted by atomic mass is 32.2. The number of sulfonamides is 2. The summed E-state index contributed by atoms with van der Waals surface area (Å²) in [7, 11) is -6.35. The molecule has 1 amide bonds. The lowest BCUT2D eigenvalue weighted by Gasteiger charge is -2.40. The highest BCUT2D eigenvalue weighted by molar-refractivity contribution is 7.89. The zero-order valence-corrected chi connectivity index (χ0v) is 20.9. The number of likely N-dealkylation sites (N-methyl/N-ethyl adjacent to an activating group) is 1. The predicted octanol–water partition coefficient (Wildman–Crippen LogP) is 2.41. The number of piperazine rings is 1. The molecule has 0 saturated carbocycles. The lowest BCUT2D eigenvalue weighted by Crippen LogP contribution is -2.61. The molecular weight excluding hydrogens is 486 g/mol. The molecule has 0 N–H and O–H groups in total. The summed E-state index contributed by atoms with van der Waals surface area (Å²) in [6.45, 7) is -0.212. The highest BCUT2D eigenvalue weighted by Crippen LogP contribution is 2.26. The summed E-state index contributed by atoms with van der Waals surface area (Å²) in [5.41, 5.74) is 0.880. The minimum absolute atomic E-state index is 0.0582. The first-order valence-electron chi connectivity index (χ1n) is 11.1. The Hall–Kier alpha value is -3.05. The van der Waals surface area contributed by atoms with E-state index in [1.54, 1.807) is 43.4 Å². The average Bonchev–Trinajstić information content (AvgIpc) is 2.89. The minimum Gasteiger partial charge on any atom is -0.340 e. The minimum atomic E-state index is -4.03. The number of benzene rings is 3. The number of hydrogen-bond donors (Lipinski definition) is 0. The molecule has 35 heavy (non-hydrogen) atoms. The van der Waals surface area contributed by atoms with Crippen molar-refractivity contribution in [3.05, 3.63) is 96.6 Å². The molecule has 1 aliphatic rings. The molecule has 1 saturated heterocycles. The molecule has 1 aliphatic heterocycles. The number of carbonyl (C=O) groups excluding carboxylic acids is 1. The third-order valence-corrected chi connectivity index (χ3v) is 9.75. The van der Waals surface area contributed by atoms with Gasteiger partial charge in [-0.15, -0.1) is 0 Å². The molecule has 1 atom stereocenters. The molecule has 0 radical (unpaired) electrons. The first kappa shape index (κ1) is 25.1. The maximum absolute atomic E-state index is 13.6. The Bertz CT molecular complexity index is 1370. The van der Waals surface area contributed by atoms with Gasteiger partial charge in [-0.2, -0.15) is 8.61 Å². The Kier molecular flexibility index (Phi) is 7.36. The van der Waals surface area contributed by atoms with Gasteiger partial charge in [0, 0.05) is 33.2 Å². The predicted molar refractivity (Wildman–Crippen MR) is 132 cm³/mol. The Morgan fingerprint density at radius 3 is 1.80 bits per heavy atom. The molecular formula is C25H27N3O5S2. The van der Waals surface area contributed by atoms with Crippen LogP contribution < -0.4 is 0 Å². The van der Waals surface area contributed by atoms with Crippen LogP contribution in [0.15, 0.2) is 101 Å². The van der Waals surface area contributed by atoms with Crippen LogP contribution in [0.1, 0.15) is 5.56 Å². The van der Waals surface area contributed by atoms with Crippen LogP contribution in [-0.2, 0) is 31.4 Å². The van der Waals surface area contributed by atoms with Crippen LogP contribution in [0.25, 0.3) is 0 Å². The van der Waals surface area contributed by atoms with E-state index in [4.69, 9.17) is 0 Å². The molecule has 4 rings (SSSR count). The fraction of sp³-hybridized carbons (Fsp3) is 0.240. The fourth-order valence-corrected chi connectivity index (χ4v) is 7.15. The second kappa shape index (κ2) is 10.3. The summed E-state index contributed by atoms with van der Waals surface area (Å²) < 4.78 is 55.9. The first-order chi connectivity index (χ1) is 16.7. The van der Waals surface area contributed by atoms with Gasteiger partial charge in [0.1, 0.15) is 6.04 Å². The SMILES string of the molecule is CN(Cc1ccccc1)C(=O)C1CN(S(=O)(=O)c2ccccc2)CCN1S(=O)(=O)c1ccccc1. The van der Waals surface area contributed by atoms with Gasteiger partial charge < -0.3 is 4.90 Å². The monoisotopic (exact) mass is 513 g/mol. The van der Waals surface area contributed by atoms with Crippen molar-refractivity contribution in [3.8, 4) is 0 Å². The van der Waals surface area contributed by atoms with Crippen LogP contribution >= 0.6 is 0 Å². The summed E-state index contributed by atoms with van der Waals surface area (Å²) in [6, 6.07) is 23.9. The largest absolute Gasteiger partial charge is 0.340 e. The number of carbonyl (C=O) groups is 1. The Morgan fingerprint density at radius 2 is 1.26 bits per heavy atom. The number of hydrogen-bond acceptors (Lipinski definition) is 5. The summed E-state index contributed by atoms with van der Waals surface area (Å²) in [4.78, 5) is 15.2. The van der Waals surface area contributed by atoms with Crippen LogP contribution in [0.4, 0.5) is 0 Å². The van der Waals surface area contributed by atoms with Gasteiger partial charge in [0.25, 0.3) is 0 Å². The highest BCUT2D eigenvalue weighted by Gasteiger charge is 2.44. The van der Waals surface area contributed by atoms with E-state index < -0.39 is 32.0 Å². The van der Waals surface area contributed by atoms with E-state index in [1.165, 1.54) is 33.5 Å². The van der Waals surface area contributed by atoms with Gasteiger partial charge >= 0.3 is 0 Å². The van der Waals surface area contributed by atoms with E-state index in [1.807, 2.05) is 30.3 Å². The van der Waals surface area contributed by atoms with Crippen molar-refractivity contribution in [1.82, 2.24) is 13.5 Å². The first-order valence-corrected chi connectivity index (χ1v) is 14.0. The second-order valence-corrected chi connectivity index (χ2v) is 12.1. The smallest absolute Gasteiger partial charge is 0.243 e. The second-order valence-electron chi connectivity index (χ2n) is 8.30. The van der Waals surface area contributed by atoms with Crippen LogP contribution in [0.3, 0.4) is 0 Å². The van der Waals surface area contributed by atoms with Crippen LogP contribution in [-0.4, -0.2) is 69.0 Å². The summed E-state index contributed by atoms with van der Waals surface area (Å²) >= 11 is 0. The van der Waals surface area contributed by atoms with Crippen molar-refractivity contribution >= 4 is 26.0 Å². The van der Waals surface area contributed by atoms with Crippen molar-refractivity contribution in [3.63, 3.8) is 0 Å². The van der Waals surface area contributed by atoms with Crippen LogP contribution in [0.2, 0.25) is 0 Å². The molecule has 0 spiro atoms. The normalized spacial score (nSPS) is 17.7. The van der Waals surface area contributed by atoms with Gasteiger partial charge in [-0.25, -0.2) is 16.8 Å². The number of amides is 1. The maximum Gasteiger partial charge on any atom is 0.243 e. The van der Waals surface area contributed by atoms with Gasteiger partial charge in [-0.1, -0.05) is 66.7 Å². The van der Waals surface area contributed by atoms with E-state index in [9.17, 15) is 21.6 Å². The zero-order chi connectivity index (χ0) is 25.1. The van der Waals surface area contributed by atoms with Gasteiger partial charge in [0.05, 0.1) is 9.79 Å². The van der Waals surface area contributed by atoms with Crippen molar-refractivity contribution < 1.29 is 21.6 Å².